The molecule has 2 rings (SSSR count). The van der Waals surface area contributed by atoms with Crippen LogP contribution in [0.3, 0.4) is 0 Å². The van der Waals surface area contributed by atoms with Gasteiger partial charge in [0.05, 0.1) is 23.6 Å². The fourth-order valence-electron chi connectivity index (χ4n) is 1.85. The Bertz CT molecular complexity index is 640. The minimum atomic E-state index is -2.67. The van der Waals surface area contributed by atoms with Crippen molar-refractivity contribution in [1.29, 1.82) is 0 Å². The predicted octanol–water partition coefficient (Wildman–Crippen LogP) is 2.85. The number of nitrogens with zero attached hydrogens (tertiary/aromatic N) is 1. The van der Waals surface area contributed by atoms with Crippen molar-refractivity contribution < 1.29 is 18.7 Å². The van der Waals surface area contributed by atoms with Crippen molar-refractivity contribution in [2.75, 3.05) is 5.32 Å². The van der Waals surface area contributed by atoms with Crippen LogP contribution >= 0.6 is 0 Å². The summed E-state index contributed by atoms with van der Waals surface area (Å²) in [6.45, 7) is 3.64. The van der Waals surface area contributed by atoms with Crippen LogP contribution < -0.4 is 5.32 Å². The summed E-state index contributed by atoms with van der Waals surface area (Å²) >= 11 is 0. The van der Waals surface area contributed by atoms with Gasteiger partial charge in [0, 0.05) is 5.69 Å². The predicted molar refractivity (Wildman–Crippen MR) is 75.1 cm³/mol. The molecule has 0 fully saturated rings. The summed E-state index contributed by atoms with van der Waals surface area (Å²) in [7, 11) is 0. The summed E-state index contributed by atoms with van der Waals surface area (Å²) in [6, 6.07) is 4.66. The maximum atomic E-state index is 12.5. The van der Waals surface area contributed by atoms with Gasteiger partial charge in [0.1, 0.15) is 0 Å². The molecule has 21 heavy (non-hydrogen) atoms. The number of amides is 1. The summed E-state index contributed by atoms with van der Waals surface area (Å²) < 4.78 is 25.1. The minimum Gasteiger partial charge on any atom is -0.392 e. The number of aromatic nitrogens is 2. The molecule has 5 nitrogen and oxygen atoms in total. The number of halogens is 2. The van der Waals surface area contributed by atoms with Crippen LogP contribution in [-0.2, 0) is 4.79 Å². The molecule has 0 aliphatic heterocycles. The molecule has 1 unspecified atom stereocenters. The lowest BCUT2D eigenvalue weighted by Crippen LogP contribution is -2.23. The largest absolute Gasteiger partial charge is 0.392 e. The number of hydrogen-bond donors (Lipinski definition) is 3. The summed E-state index contributed by atoms with van der Waals surface area (Å²) in [5.74, 6) is -0.743. The average Bonchev–Trinajstić information content (AvgIpc) is 2.81. The molecule has 0 aliphatic carbocycles. The van der Waals surface area contributed by atoms with E-state index in [1.165, 1.54) is 6.07 Å². The summed E-state index contributed by atoms with van der Waals surface area (Å²) in [4.78, 5) is 18.0. The number of hydrogen-bond acceptors (Lipinski definition) is 3. The van der Waals surface area contributed by atoms with Crippen LogP contribution in [0, 0.1) is 5.92 Å². The van der Waals surface area contributed by atoms with E-state index in [1.54, 1.807) is 12.1 Å². The molecule has 1 heterocycles. The highest BCUT2D eigenvalue weighted by atomic mass is 19.3. The zero-order valence-electron chi connectivity index (χ0n) is 11.7. The van der Waals surface area contributed by atoms with Crippen LogP contribution in [0.1, 0.15) is 32.5 Å². The van der Waals surface area contributed by atoms with Gasteiger partial charge >= 0.3 is 0 Å². The van der Waals surface area contributed by atoms with Gasteiger partial charge in [0.2, 0.25) is 5.91 Å². The molecule has 0 bridgehead atoms. The van der Waals surface area contributed by atoms with Crippen LogP contribution in [0.5, 0.6) is 0 Å². The first-order chi connectivity index (χ1) is 9.86. The van der Waals surface area contributed by atoms with E-state index in [0.717, 1.165) is 0 Å². The van der Waals surface area contributed by atoms with Gasteiger partial charge in [-0.25, -0.2) is 13.8 Å². The molecule has 7 heteroatoms. The highest BCUT2D eigenvalue weighted by Crippen LogP contribution is 2.22. The van der Waals surface area contributed by atoms with Crippen molar-refractivity contribution >= 4 is 22.6 Å². The van der Waals surface area contributed by atoms with Crippen molar-refractivity contribution in [2.24, 2.45) is 5.92 Å². The SMILES string of the molecule is CC(C)C(O)CC(=O)Nc1ccc2nc(C(F)F)[nH]c2c1. The number of aliphatic hydroxyl groups is 1. The molecule has 2 aromatic rings. The number of imidazole rings is 1. The van der Waals surface area contributed by atoms with E-state index < -0.39 is 18.4 Å². The van der Waals surface area contributed by atoms with Gasteiger partial charge in [0.15, 0.2) is 5.82 Å². The van der Waals surface area contributed by atoms with E-state index in [1.807, 2.05) is 13.8 Å². The Morgan fingerprint density at radius 2 is 2.14 bits per heavy atom. The molecule has 0 spiro atoms. The fraction of sp³-hybridized carbons (Fsp3) is 0.429. The molecule has 1 amide bonds. The van der Waals surface area contributed by atoms with Crippen molar-refractivity contribution in [1.82, 2.24) is 9.97 Å². The van der Waals surface area contributed by atoms with E-state index in [-0.39, 0.29) is 18.2 Å². The second-order valence-electron chi connectivity index (χ2n) is 5.22. The molecule has 1 atom stereocenters. The maximum Gasteiger partial charge on any atom is 0.295 e. The summed E-state index contributed by atoms with van der Waals surface area (Å²) in [5, 5.41) is 12.3. The lowest BCUT2D eigenvalue weighted by atomic mass is 10.0. The molecule has 0 radical (unpaired) electrons. The Morgan fingerprint density at radius 1 is 1.43 bits per heavy atom. The third-order valence-electron chi connectivity index (χ3n) is 3.15. The molecule has 1 aromatic carbocycles. The van der Waals surface area contributed by atoms with Crippen molar-refractivity contribution in [3.63, 3.8) is 0 Å². The smallest absolute Gasteiger partial charge is 0.295 e. The van der Waals surface area contributed by atoms with Crippen LogP contribution in [-0.4, -0.2) is 27.1 Å². The van der Waals surface area contributed by atoms with Crippen LogP contribution in [0.2, 0.25) is 0 Å². The molecule has 3 N–H and O–H groups in total. The Kier molecular flexibility index (Phi) is 4.52. The van der Waals surface area contributed by atoms with Crippen molar-refractivity contribution in [3.8, 4) is 0 Å². The van der Waals surface area contributed by atoms with Gasteiger partial charge < -0.3 is 15.4 Å². The lowest BCUT2D eigenvalue weighted by molar-refractivity contribution is -0.118. The number of H-pyrrole nitrogens is 1. The zero-order valence-corrected chi connectivity index (χ0v) is 11.7. The number of benzene rings is 1. The molecular weight excluding hydrogens is 280 g/mol. The monoisotopic (exact) mass is 297 g/mol. The van der Waals surface area contributed by atoms with Crippen LogP contribution in [0.4, 0.5) is 14.5 Å². The van der Waals surface area contributed by atoms with Crippen molar-refractivity contribution in [2.45, 2.75) is 32.8 Å². The second-order valence-corrected chi connectivity index (χ2v) is 5.22. The topological polar surface area (TPSA) is 78.0 Å². The molecule has 0 saturated carbocycles. The number of anilines is 1. The maximum absolute atomic E-state index is 12.5. The molecule has 1 aromatic heterocycles. The zero-order chi connectivity index (χ0) is 15.6. The Labute approximate surface area is 120 Å². The van der Waals surface area contributed by atoms with Crippen molar-refractivity contribution in [3.05, 3.63) is 24.0 Å². The van der Waals surface area contributed by atoms with Gasteiger partial charge in [-0.1, -0.05) is 13.8 Å². The van der Waals surface area contributed by atoms with Gasteiger partial charge in [0.25, 0.3) is 6.43 Å². The van der Waals surface area contributed by atoms with E-state index in [2.05, 4.69) is 15.3 Å². The fourth-order valence-corrected chi connectivity index (χ4v) is 1.85. The summed E-state index contributed by atoms with van der Waals surface area (Å²) in [5.41, 5.74) is 1.30. The number of nitrogens with one attached hydrogen (secondary N) is 2. The molecule has 0 aliphatic rings. The minimum absolute atomic E-state index is 0.0129. The van der Waals surface area contributed by atoms with Gasteiger partial charge in [-0.05, 0) is 24.1 Å². The molecule has 0 saturated heterocycles. The number of carbonyl (C=O) groups is 1. The van der Waals surface area contributed by atoms with E-state index in [4.69, 9.17) is 0 Å². The third-order valence-corrected chi connectivity index (χ3v) is 3.15. The number of carbonyl (C=O) groups excluding carboxylic acids is 1. The highest BCUT2D eigenvalue weighted by Gasteiger charge is 2.15. The number of aromatic amines is 1. The first-order valence-electron chi connectivity index (χ1n) is 6.62. The second kappa shape index (κ2) is 6.17. The Balaban J connectivity index is 2.10. The van der Waals surface area contributed by atoms with Crippen LogP contribution in [0.15, 0.2) is 18.2 Å². The first-order valence-corrected chi connectivity index (χ1v) is 6.62. The van der Waals surface area contributed by atoms with Gasteiger partial charge in [-0.15, -0.1) is 0 Å². The number of rotatable bonds is 5. The number of aliphatic hydroxyl groups excluding tert-OH is 1. The number of alkyl halides is 2. The number of fused-ring (bicyclic) bond motifs is 1. The van der Waals surface area contributed by atoms with Gasteiger partial charge in [-0.2, -0.15) is 0 Å². The Morgan fingerprint density at radius 3 is 2.76 bits per heavy atom. The van der Waals surface area contributed by atoms with E-state index in [0.29, 0.717) is 16.7 Å². The van der Waals surface area contributed by atoms with Crippen LogP contribution in [0.25, 0.3) is 11.0 Å². The average molecular weight is 297 g/mol. The standard InChI is InChI=1S/C14H17F2N3O2/c1-7(2)11(20)6-12(21)17-8-3-4-9-10(5-8)19-14(18-9)13(15)16/h3-5,7,11,13,20H,6H2,1-2H3,(H,17,21)(H,18,19). The van der Waals surface area contributed by atoms with E-state index in [9.17, 15) is 18.7 Å². The summed E-state index contributed by atoms with van der Waals surface area (Å²) in [6.07, 6.45) is -3.40. The lowest BCUT2D eigenvalue weighted by Gasteiger charge is -2.13. The highest BCUT2D eigenvalue weighted by molar-refractivity contribution is 5.93. The van der Waals surface area contributed by atoms with E-state index >= 15 is 0 Å². The molecular formula is C14H17F2N3O2. The molecule has 114 valence electrons. The third kappa shape index (κ3) is 3.75. The Hall–Kier alpha value is -2.02. The normalized spacial score (nSPS) is 13.1. The first kappa shape index (κ1) is 15.4. The quantitative estimate of drug-likeness (QED) is 0.794. The van der Waals surface area contributed by atoms with Gasteiger partial charge in [-0.3, -0.25) is 4.79 Å².